The molecule has 2 atom stereocenters. The van der Waals surface area contributed by atoms with E-state index in [2.05, 4.69) is 0 Å². The average Bonchev–Trinajstić information content (AvgIpc) is 3.27. The van der Waals surface area contributed by atoms with E-state index in [1.54, 1.807) is 11.0 Å². The molecule has 2 aromatic carbocycles. The van der Waals surface area contributed by atoms with Crippen LogP contribution in [0, 0.1) is 5.82 Å². The molecule has 0 N–H and O–H groups in total. The summed E-state index contributed by atoms with van der Waals surface area (Å²) in [5.41, 5.74) is 0.622. The van der Waals surface area contributed by atoms with Crippen LogP contribution in [-0.2, 0) is 9.53 Å². The van der Waals surface area contributed by atoms with Gasteiger partial charge in [-0.05, 0) is 42.7 Å². The quantitative estimate of drug-likeness (QED) is 0.783. The summed E-state index contributed by atoms with van der Waals surface area (Å²) in [5.74, 6) is -0.314. The van der Waals surface area contributed by atoms with E-state index in [-0.39, 0.29) is 29.9 Å². The Hall–Kier alpha value is -2.73. The Kier molecular flexibility index (Phi) is 4.39. The second-order valence-corrected chi connectivity index (χ2v) is 8.09. The highest BCUT2D eigenvalue weighted by Gasteiger charge is 2.58. The standard InChI is InChI=1S/C23H23FN2O3/c24-18-8-4-7-17(15-18)19-9-10-20-26(19)22(28)23(29-20)11-13-25(14-12-23)21(27)16-5-2-1-3-6-16/h1-8,15,19-20H,9-14H2. The number of likely N-dealkylation sites (tertiary alicyclic amines) is 1. The maximum absolute atomic E-state index is 13.7. The SMILES string of the molecule is O=C(c1ccccc1)N1CCC2(CC1)OC1CCC(c3cccc(F)c3)N1C2=O. The number of amides is 2. The van der Waals surface area contributed by atoms with Crippen LogP contribution < -0.4 is 0 Å². The molecule has 3 aliphatic heterocycles. The molecule has 2 aromatic rings. The van der Waals surface area contributed by atoms with Crippen molar-refractivity contribution in [1.29, 1.82) is 0 Å². The number of ether oxygens (including phenoxy) is 1. The van der Waals surface area contributed by atoms with Crippen LogP contribution in [-0.4, -0.2) is 46.5 Å². The summed E-state index contributed by atoms with van der Waals surface area (Å²) in [6.07, 6.45) is 2.25. The van der Waals surface area contributed by atoms with Crippen LogP contribution in [0.25, 0.3) is 0 Å². The predicted molar refractivity (Wildman–Crippen MR) is 104 cm³/mol. The third kappa shape index (κ3) is 3.02. The first kappa shape index (κ1) is 18.3. The molecule has 5 rings (SSSR count). The van der Waals surface area contributed by atoms with E-state index >= 15 is 0 Å². The summed E-state index contributed by atoms with van der Waals surface area (Å²) in [4.78, 5) is 29.7. The number of hydrogen-bond donors (Lipinski definition) is 0. The zero-order chi connectivity index (χ0) is 20.0. The molecule has 0 aliphatic carbocycles. The molecule has 0 saturated carbocycles. The molecule has 0 bridgehead atoms. The fourth-order valence-corrected chi connectivity index (χ4v) is 4.92. The molecule has 6 heteroatoms. The van der Waals surface area contributed by atoms with Crippen LogP contribution in [0.1, 0.15) is 47.6 Å². The normalized spacial score (nSPS) is 25.5. The van der Waals surface area contributed by atoms with Crippen LogP contribution >= 0.6 is 0 Å². The monoisotopic (exact) mass is 394 g/mol. The fraction of sp³-hybridized carbons (Fsp3) is 0.391. The minimum absolute atomic E-state index is 0.0102. The molecule has 29 heavy (non-hydrogen) atoms. The molecular weight excluding hydrogens is 371 g/mol. The number of piperidine rings is 1. The molecule has 3 heterocycles. The summed E-state index contributed by atoms with van der Waals surface area (Å²) >= 11 is 0. The van der Waals surface area contributed by atoms with Gasteiger partial charge in [-0.1, -0.05) is 30.3 Å². The van der Waals surface area contributed by atoms with E-state index in [1.807, 2.05) is 41.3 Å². The van der Waals surface area contributed by atoms with Crippen LogP contribution in [0.4, 0.5) is 4.39 Å². The lowest BCUT2D eigenvalue weighted by atomic mass is 9.89. The van der Waals surface area contributed by atoms with Gasteiger partial charge in [0.05, 0.1) is 6.04 Å². The van der Waals surface area contributed by atoms with Gasteiger partial charge in [-0.15, -0.1) is 0 Å². The lowest BCUT2D eigenvalue weighted by Gasteiger charge is -2.37. The van der Waals surface area contributed by atoms with E-state index in [0.717, 1.165) is 18.4 Å². The lowest BCUT2D eigenvalue weighted by Crippen LogP contribution is -2.51. The molecule has 5 nitrogen and oxygen atoms in total. The zero-order valence-electron chi connectivity index (χ0n) is 16.1. The van der Waals surface area contributed by atoms with E-state index in [1.165, 1.54) is 12.1 Å². The molecule has 0 aromatic heterocycles. The number of carbonyl (C=O) groups excluding carboxylic acids is 2. The first-order valence-electron chi connectivity index (χ1n) is 10.2. The van der Waals surface area contributed by atoms with Crippen molar-refractivity contribution in [3.8, 4) is 0 Å². The number of benzene rings is 2. The number of rotatable bonds is 2. The van der Waals surface area contributed by atoms with Gasteiger partial charge in [0, 0.05) is 31.5 Å². The second kappa shape index (κ2) is 6.95. The Bertz CT molecular complexity index is 940. The average molecular weight is 394 g/mol. The predicted octanol–water partition coefficient (Wildman–Crippen LogP) is 3.52. The van der Waals surface area contributed by atoms with Crippen molar-refractivity contribution in [2.75, 3.05) is 13.1 Å². The fourth-order valence-electron chi connectivity index (χ4n) is 4.92. The minimum Gasteiger partial charge on any atom is -0.342 e. The van der Waals surface area contributed by atoms with Crippen LogP contribution in [0.3, 0.4) is 0 Å². The topological polar surface area (TPSA) is 49.9 Å². The van der Waals surface area contributed by atoms with Crippen LogP contribution in [0.15, 0.2) is 54.6 Å². The summed E-state index contributed by atoms with van der Waals surface area (Å²) in [6.45, 7) is 0.981. The molecule has 2 unspecified atom stereocenters. The van der Waals surface area contributed by atoms with Gasteiger partial charge < -0.3 is 14.5 Å². The van der Waals surface area contributed by atoms with Crippen molar-refractivity contribution in [3.05, 3.63) is 71.5 Å². The Labute approximate surface area is 169 Å². The maximum atomic E-state index is 13.7. The first-order chi connectivity index (χ1) is 14.1. The van der Waals surface area contributed by atoms with E-state index in [9.17, 15) is 14.0 Å². The molecular formula is C23H23FN2O3. The molecule has 3 aliphatic rings. The van der Waals surface area contributed by atoms with Gasteiger partial charge in [0.1, 0.15) is 12.0 Å². The van der Waals surface area contributed by atoms with Crippen LogP contribution in [0.5, 0.6) is 0 Å². The Morgan fingerprint density at radius 1 is 1.03 bits per heavy atom. The molecule has 1 spiro atoms. The molecule has 0 radical (unpaired) electrons. The minimum atomic E-state index is -0.857. The molecule has 150 valence electrons. The number of nitrogens with zero attached hydrogens (tertiary/aromatic N) is 2. The van der Waals surface area contributed by atoms with Crippen molar-refractivity contribution in [2.45, 2.75) is 43.6 Å². The zero-order valence-corrected chi connectivity index (χ0v) is 16.1. The van der Waals surface area contributed by atoms with Crippen molar-refractivity contribution in [2.24, 2.45) is 0 Å². The van der Waals surface area contributed by atoms with Gasteiger partial charge in [-0.3, -0.25) is 9.59 Å². The number of hydrogen-bond acceptors (Lipinski definition) is 3. The maximum Gasteiger partial charge on any atom is 0.257 e. The largest absolute Gasteiger partial charge is 0.342 e. The second-order valence-electron chi connectivity index (χ2n) is 8.09. The third-order valence-corrected chi connectivity index (χ3v) is 6.43. The highest BCUT2D eigenvalue weighted by molar-refractivity contribution is 5.95. The van der Waals surface area contributed by atoms with E-state index in [0.29, 0.717) is 31.5 Å². The van der Waals surface area contributed by atoms with Gasteiger partial charge in [0.15, 0.2) is 5.60 Å². The molecule has 2 amide bonds. The Morgan fingerprint density at radius 2 is 1.79 bits per heavy atom. The van der Waals surface area contributed by atoms with E-state index < -0.39 is 5.60 Å². The lowest BCUT2D eigenvalue weighted by molar-refractivity contribution is -0.142. The summed E-state index contributed by atoms with van der Waals surface area (Å²) in [5, 5.41) is 0. The van der Waals surface area contributed by atoms with Crippen molar-refractivity contribution < 1.29 is 18.7 Å². The van der Waals surface area contributed by atoms with Crippen molar-refractivity contribution >= 4 is 11.8 Å². The molecule has 3 fully saturated rings. The Balaban J connectivity index is 1.31. The third-order valence-electron chi connectivity index (χ3n) is 6.43. The highest BCUT2D eigenvalue weighted by atomic mass is 19.1. The van der Waals surface area contributed by atoms with Gasteiger partial charge in [0.25, 0.3) is 11.8 Å². The summed E-state index contributed by atoms with van der Waals surface area (Å²) in [7, 11) is 0. The van der Waals surface area contributed by atoms with Gasteiger partial charge in [-0.25, -0.2) is 4.39 Å². The Morgan fingerprint density at radius 3 is 2.52 bits per heavy atom. The highest BCUT2D eigenvalue weighted by Crippen LogP contribution is 2.47. The smallest absolute Gasteiger partial charge is 0.257 e. The van der Waals surface area contributed by atoms with E-state index in [4.69, 9.17) is 4.74 Å². The van der Waals surface area contributed by atoms with Crippen LogP contribution in [0.2, 0.25) is 0 Å². The first-order valence-corrected chi connectivity index (χ1v) is 10.2. The van der Waals surface area contributed by atoms with Gasteiger partial charge >= 0.3 is 0 Å². The van der Waals surface area contributed by atoms with Crippen molar-refractivity contribution in [1.82, 2.24) is 9.80 Å². The summed E-state index contributed by atoms with van der Waals surface area (Å²) in [6, 6.07) is 15.5. The summed E-state index contributed by atoms with van der Waals surface area (Å²) < 4.78 is 20.0. The number of fused-ring (bicyclic) bond motifs is 1. The van der Waals surface area contributed by atoms with Gasteiger partial charge in [-0.2, -0.15) is 0 Å². The number of carbonyl (C=O) groups is 2. The molecule has 3 saturated heterocycles. The van der Waals surface area contributed by atoms with Gasteiger partial charge in [0.2, 0.25) is 0 Å². The van der Waals surface area contributed by atoms with Crippen molar-refractivity contribution in [3.63, 3.8) is 0 Å². The number of halogens is 1.